The molecular weight excluding hydrogens is 272 g/mol. The molecule has 1 aromatic carbocycles. The van der Waals surface area contributed by atoms with Crippen LogP contribution in [-0.2, 0) is 4.79 Å². The van der Waals surface area contributed by atoms with E-state index in [0.29, 0.717) is 18.7 Å². The predicted molar refractivity (Wildman–Crippen MR) is 76.7 cm³/mol. The first-order chi connectivity index (χ1) is 10.1. The van der Waals surface area contributed by atoms with Gasteiger partial charge in [-0.25, -0.2) is 0 Å². The van der Waals surface area contributed by atoms with Gasteiger partial charge in [0, 0.05) is 32.1 Å². The molecule has 0 aromatic heterocycles. The van der Waals surface area contributed by atoms with Gasteiger partial charge in [-0.05, 0) is 25.0 Å². The molecule has 2 rings (SSSR count). The van der Waals surface area contributed by atoms with Crippen molar-refractivity contribution in [3.63, 3.8) is 0 Å². The summed E-state index contributed by atoms with van der Waals surface area (Å²) in [4.78, 5) is 24.1. The van der Waals surface area contributed by atoms with Crippen molar-refractivity contribution in [1.82, 2.24) is 4.90 Å². The molecule has 1 heterocycles. The van der Waals surface area contributed by atoms with E-state index in [0.717, 1.165) is 25.9 Å². The Bertz CT molecular complexity index is 588. The van der Waals surface area contributed by atoms with Crippen LogP contribution in [-0.4, -0.2) is 35.4 Å². The second kappa shape index (κ2) is 6.70. The molecule has 0 saturated carbocycles. The molecule has 0 atom stereocenters. The summed E-state index contributed by atoms with van der Waals surface area (Å²) in [5.41, 5.74) is 0.413. The smallest absolute Gasteiger partial charge is 0.293 e. The monoisotopic (exact) mass is 288 g/mol. The fourth-order valence-corrected chi connectivity index (χ4v) is 2.33. The van der Waals surface area contributed by atoms with Crippen LogP contribution in [0.1, 0.15) is 24.8 Å². The number of nitrogens with zero attached hydrogens (tertiary/aromatic N) is 3. The highest BCUT2D eigenvalue weighted by molar-refractivity contribution is 5.77. The van der Waals surface area contributed by atoms with Crippen LogP contribution in [0.25, 0.3) is 0 Å². The SMILES string of the molecule is N#Cc1ccc(NCCC(=O)N2CCCC2)c([N+](=O)[O-])c1. The summed E-state index contributed by atoms with van der Waals surface area (Å²) in [6, 6.07) is 6.10. The second-order valence-electron chi connectivity index (χ2n) is 4.87. The number of nitro benzene ring substituents is 1. The summed E-state index contributed by atoms with van der Waals surface area (Å²) in [7, 11) is 0. The molecule has 0 aliphatic carbocycles. The summed E-state index contributed by atoms with van der Waals surface area (Å²) >= 11 is 0. The third-order valence-corrected chi connectivity index (χ3v) is 3.44. The lowest BCUT2D eigenvalue weighted by molar-refractivity contribution is -0.384. The van der Waals surface area contributed by atoms with Crippen LogP contribution in [0, 0.1) is 21.4 Å². The van der Waals surface area contributed by atoms with Crippen LogP contribution in [0.3, 0.4) is 0 Å². The van der Waals surface area contributed by atoms with Crippen LogP contribution in [0.5, 0.6) is 0 Å². The number of carbonyl (C=O) groups excluding carboxylic acids is 1. The van der Waals surface area contributed by atoms with Gasteiger partial charge in [0.2, 0.25) is 5.91 Å². The Morgan fingerprint density at radius 2 is 2.14 bits per heavy atom. The van der Waals surface area contributed by atoms with E-state index in [-0.39, 0.29) is 17.2 Å². The van der Waals surface area contributed by atoms with Crippen LogP contribution in [0.4, 0.5) is 11.4 Å². The summed E-state index contributed by atoms with van der Waals surface area (Å²) in [5, 5.41) is 22.6. The number of anilines is 1. The van der Waals surface area contributed by atoms with Crippen molar-refractivity contribution in [2.45, 2.75) is 19.3 Å². The van der Waals surface area contributed by atoms with Gasteiger partial charge in [0.25, 0.3) is 5.69 Å². The Labute approximate surface area is 122 Å². The van der Waals surface area contributed by atoms with Crippen molar-refractivity contribution in [2.24, 2.45) is 0 Å². The molecular formula is C14H16N4O3. The van der Waals surface area contributed by atoms with E-state index in [4.69, 9.17) is 5.26 Å². The Balaban J connectivity index is 1.95. The Kier molecular flexibility index (Phi) is 4.72. The fraction of sp³-hybridized carbons (Fsp3) is 0.429. The van der Waals surface area contributed by atoms with E-state index >= 15 is 0 Å². The minimum Gasteiger partial charge on any atom is -0.379 e. The van der Waals surface area contributed by atoms with Crippen molar-refractivity contribution in [1.29, 1.82) is 5.26 Å². The summed E-state index contributed by atoms with van der Waals surface area (Å²) in [5.74, 6) is 0.0660. The second-order valence-corrected chi connectivity index (χ2v) is 4.87. The van der Waals surface area contributed by atoms with Gasteiger partial charge >= 0.3 is 0 Å². The predicted octanol–water partition coefficient (Wildman–Crippen LogP) is 1.89. The zero-order valence-corrected chi connectivity index (χ0v) is 11.5. The zero-order valence-electron chi connectivity index (χ0n) is 11.5. The lowest BCUT2D eigenvalue weighted by Crippen LogP contribution is -2.29. The van der Waals surface area contributed by atoms with Crippen LogP contribution in [0.2, 0.25) is 0 Å². The molecule has 1 aliphatic heterocycles. The minimum absolute atomic E-state index is 0.0660. The maximum atomic E-state index is 11.9. The van der Waals surface area contributed by atoms with Gasteiger partial charge in [0.05, 0.1) is 16.6 Å². The molecule has 1 amide bonds. The van der Waals surface area contributed by atoms with E-state index in [1.807, 2.05) is 11.0 Å². The highest BCUT2D eigenvalue weighted by Crippen LogP contribution is 2.25. The Morgan fingerprint density at radius 3 is 2.76 bits per heavy atom. The van der Waals surface area contributed by atoms with Gasteiger partial charge in [-0.1, -0.05) is 0 Å². The molecule has 1 aromatic rings. The number of nitrogens with one attached hydrogen (secondary N) is 1. The van der Waals surface area contributed by atoms with E-state index in [1.54, 1.807) is 0 Å². The molecule has 21 heavy (non-hydrogen) atoms. The maximum absolute atomic E-state index is 11.9. The number of nitro groups is 1. The molecule has 1 aliphatic rings. The third kappa shape index (κ3) is 3.69. The lowest BCUT2D eigenvalue weighted by Gasteiger charge is -2.15. The van der Waals surface area contributed by atoms with Gasteiger partial charge in [-0.15, -0.1) is 0 Å². The molecule has 110 valence electrons. The molecule has 1 N–H and O–H groups in total. The minimum atomic E-state index is -0.536. The Hall–Kier alpha value is -2.62. The number of carbonyl (C=O) groups is 1. The van der Waals surface area contributed by atoms with Crippen molar-refractivity contribution in [3.8, 4) is 6.07 Å². The summed E-state index contributed by atoms with van der Waals surface area (Å²) in [6.45, 7) is 1.94. The van der Waals surface area contributed by atoms with Gasteiger partial charge < -0.3 is 10.2 Å². The quantitative estimate of drug-likeness (QED) is 0.658. The fourth-order valence-electron chi connectivity index (χ4n) is 2.33. The van der Waals surface area contributed by atoms with Gasteiger partial charge in [-0.3, -0.25) is 14.9 Å². The largest absolute Gasteiger partial charge is 0.379 e. The van der Waals surface area contributed by atoms with Crippen molar-refractivity contribution < 1.29 is 9.72 Å². The average Bonchev–Trinajstić information content (AvgIpc) is 3.01. The van der Waals surface area contributed by atoms with Gasteiger partial charge in [-0.2, -0.15) is 5.26 Å². The average molecular weight is 288 g/mol. The first-order valence-corrected chi connectivity index (χ1v) is 6.82. The summed E-state index contributed by atoms with van der Waals surface area (Å²) in [6.07, 6.45) is 2.39. The van der Waals surface area contributed by atoms with E-state index < -0.39 is 4.92 Å². The molecule has 0 unspecified atom stereocenters. The standard InChI is InChI=1S/C14H16N4O3/c15-10-11-3-4-12(13(9-11)18(20)21)16-6-5-14(19)17-7-1-2-8-17/h3-4,9,16H,1-2,5-8H2. The molecule has 0 spiro atoms. The number of hydrogen-bond acceptors (Lipinski definition) is 5. The van der Waals surface area contributed by atoms with Gasteiger partial charge in [0.15, 0.2) is 0 Å². The van der Waals surface area contributed by atoms with Crippen LogP contribution >= 0.6 is 0 Å². The topological polar surface area (TPSA) is 99.3 Å². The van der Waals surface area contributed by atoms with E-state index in [2.05, 4.69) is 5.32 Å². The first kappa shape index (κ1) is 14.8. The number of nitriles is 1. The molecule has 0 bridgehead atoms. The van der Waals surface area contributed by atoms with Crippen LogP contribution in [0.15, 0.2) is 18.2 Å². The van der Waals surface area contributed by atoms with Crippen LogP contribution < -0.4 is 5.32 Å². The van der Waals surface area contributed by atoms with Gasteiger partial charge in [0.1, 0.15) is 5.69 Å². The highest BCUT2D eigenvalue weighted by Gasteiger charge is 2.18. The van der Waals surface area contributed by atoms with Crippen molar-refractivity contribution >= 4 is 17.3 Å². The number of hydrogen-bond donors (Lipinski definition) is 1. The Morgan fingerprint density at radius 1 is 1.43 bits per heavy atom. The third-order valence-electron chi connectivity index (χ3n) is 3.44. The molecule has 7 heteroatoms. The molecule has 7 nitrogen and oxygen atoms in total. The number of amides is 1. The number of rotatable bonds is 5. The van der Waals surface area contributed by atoms with Crippen molar-refractivity contribution in [2.75, 3.05) is 25.0 Å². The maximum Gasteiger partial charge on any atom is 0.293 e. The zero-order chi connectivity index (χ0) is 15.2. The normalized spacial score (nSPS) is 13.8. The molecule has 1 fully saturated rings. The summed E-state index contributed by atoms with van der Waals surface area (Å²) < 4.78 is 0. The molecule has 1 saturated heterocycles. The van der Waals surface area contributed by atoms with Crippen molar-refractivity contribution in [3.05, 3.63) is 33.9 Å². The number of benzene rings is 1. The highest BCUT2D eigenvalue weighted by atomic mass is 16.6. The molecule has 0 radical (unpaired) electrons. The number of likely N-dealkylation sites (tertiary alicyclic amines) is 1. The van der Waals surface area contributed by atoms with E-state index in [9.17, 15) is 14.9 Å². The van der Waals surface area contributed by atoms with E-state index in [1.165, 1.54) is 18.2 Å². The first-order valence-electron chi connectivity index (χ1n) is 6.82. The lowest BCUT2D eigenvalue weighted by atomic mass is 10.2.